The molecule has 2 N–H and O–H groups in total. The molecule has 0 unspecified atom stereocenters. The molecule has 0 aromatic rings. The summed E-state index contributed by atoms with van der Waals surface area (Å²) in [4.78, 5) is 0. The van der Waals surface area contributed by atoms with E-state index in [9.17, 15) is 0 Å². The van der Waals surface area contributed by atoms with Crippen LogP contribution in [-0.2, 0) is 9.47 Å². The third-order valence-electron chi connectivity index (χ3n) is 1.45. The molecule has 0 fully saturated rings. The van der Waals surface area contributed by atoms with Crippen LogP contribution in [0.5, 0.6) is 0 Å². The predicted molar refractivity (Wildman–Crippen MR) is 48.6 cm³/mol. The summed E-state index contributed by atoms with van der Waals surface area (Å²) in [6, 6.07) is 0. The van der Waals surface area contributed by atoms with Crippen molar-refractivity contribution >= 4 is 0 Å². The predicted octanol–water partition coefficient (Wildman–Crippen LogP) is 0.260. The topological polar surface area (TPSA) is 35.1 Å². The fraction of sp³-hybridized carbons (Fsp3) is 0.556. The summed E-state index contributed by atoms with van der Waals surface area (Å²) in [6.45, 7) is 7.21. The fourth-order valence-corrected chi connectivity index (χ4v) is 0.712. The Morgan fingerprint density at radius 1 is 1.58 bits per heavy atom. The average molecular weight is 172 g/mol. The van der Waals surface area contributed by atoms with E-state index in [1.165, 1.54) is 0 Å². The summed E-state index contributed by atoms with van der Waals surface area (Å²) < 4.78 is 10.3. The van der Waals surface area contributed by atoms with Gasteiger partial charge in [0, 0.05) is 0 Å². The van der Waals surface area contributed by atoms with Crippen molar-refractivity contribution in [1.82, 2.24) is 0 Å². The molecule has 0 spiro atoms. The fourth-order valence-electron chi connectivity index (χ4n) is 0.712. The number of allylic oxidation sites excluding steroid dienone is 1. The summed E-state index contributed by atoms with van der Waals surface area (Å²) in [6.07, 6.45) is 1.85. The highest BCUT2D eigenvalue weighted by Gasteiger charge is 2.01. The van der Waals surface area contributed by atoms with E-state index in [2.05, 4.69) is 11.9 Å². The van der Waals surface area contributed by atoms with Crippen LogP contribution in [-0.4, -0.2) is 27.3 Å². The zero-order valence-corrected chi connectivity index (χ0v) is 8.09. The Bertz CT molecular complexity index is 164. The number of hydrogen-bond acceptors (Lipinski definition) is 2. The molecule has 0 bridgehead atoms. The zero-order valence-electron chi connectivity index (χ0n) is 8.09. The van der Waals surface area contributed by atoms with Gasteiger partial charge < -0.3 is 14.8 Å². The Kier molecular flexibility index (Phi) is 6.19. The summed E-state index contributed by atoms with van der Waals surface area (Å²) in [7, 11) is 3.59. The minimum absolute atomic E-state index is 0.577. The molecule has 0 heterocycles. The summed E-state index contributed by atoms with van der Waals surface area (Å²) in [5.74, 6) is 1.30. The van der Waals surface area contributed by atoms with Crippen LogP contribution in [0, 0.1) is 0 Å². The van der Waals surface area contributed by atoms with Crippen LogP contribution in [0.15, 0.2) is 24.2 Å². The number of quaternary nitrogens is 1. The number of nitrogens with two attached hydrogens (primary N) is 1. The van der Waals surface area contributed by atoms with Gasteiger partial charge in [-0.25, -0.2) is 0 Å². The molecule has 0 radical (unpaired) electrons. The molecule has 3 nitrogen and oxygen atoms in total. The molecular formula is C9H18NO2+. The normalized spacial score (nSPS) is 11.1. The maximum atomic E-state index is 5.39. The first-order valence-corrected chi connectivity index (χ1v) is 4.06. The molecule has 0 aliphatic carbocycles. The van der Waals surface area contributed by atoms with Crippen molar-refractivity contribution in [3.63, 3.8) is 0 Å². The monoisotopic (exact) mass is 172 g/mol. The first-order valence-electron chi connectivity index (χ1n) is 4.06. The lowest BCUT2D eigenvalue weighted by atomic mass is 10.4. The van der Waals surface area contributed by atoms with Gasteiger partial charge in [0.1, 0.15) is 13.2 Å². The average Bonchev–Trinajstić information content (AvgIpc) is 2.11. The van der Waals surface area contributed by atoms with Crippen LogP contribution in [0.4, 0.5) is 0 Å². The maximum Gasteiger partial charge on any atom is 0.156 e. The minimum Gasteiger partial charge on any atom is -0.494 e. The van der Waals surface area contributed by atoms with Crippen molar-refractivity contribution in [2.75, 3.05) is 27.3 Å². The second-order valence-corrected chi connectivity index (χ2v) is 2.33. The Labute approximate surface area is 74.1 Å². The summed E-state index contributed by atoms with van der Waals surface area (Å²) in [5.41, 5.74) is 0. The smallest absolute Gasteiger partial charge is 0.156 e. The molecule has 0 aliphatic heterocycles. The maximum absolute atomic E-state index is 5.39. The van der Waals surface area contributed by atoms with Crippen molar-refractivity contribution in [1.29, 1.82) is 0 Å². The molecule has 3 heteroatoms. The third-order valence-corrected chi connectivity index (χ3v) is 1.45. The van der Waals surface area contributed by atoms with Crippen LogP contribution in [0.1, 0.15) is 6.92 Å². The largest absolute Gasteiger partial charge is 0.494 e. The molecule has 70 valence electrons. The molecule has 0 saturated carbocycles. The van der Waals surface area contributed by atoms with E-state index in [1.807, 2.05) is 20.0 Å². The quantitative estimate of drug-likeness (QED) is 0.354. The molecule has 0 rings (SSSR count). The van der Waals surface area contributed by atoms with E-state index >= 15 is 0 Å². The second kappa shape index (κ2) is 6.73. The zero-order chi connectivity index (χ0) is 9.40. The highest BCUT2D eigenvalue weighted by Crippen LogP contribution is 2.08. The van der Waals surface area contributed by atoms with E-state index in [0.717, 1.165) is 12.3 Å². The van der Waals surface area contributed by atoms with Gasteiger partial charge in [0.25, 0.3) is 0 Å². The van der Waals surface area contributed by atoms with Gasteiger partial charge in [-0.05, 0) is 13.0 Å². The standard InChI is InChI=1S/C9H17NO2/c1-5-9(8(2)11-4)12-7-6-10-3/h5,10H,2,6-7H2,1,3-4H3/p+1. The molecular weight excluding hydrogens is 154 g/mol. The van der Waals surface area contributed by atoms with Crippen molar-refractivity contribution in [2.45, 2.75) is 6.92 Å². The van der Waals surface area contributed by atoms with E-state index in [0.29, 0.717) is 12.4 Å². The molecule has 0 aromatic carbocycles. The van der Waals surface area contributed by atoms with Gasteiger partial charge in [-0.15, -0.1) is 0 Å². The highest BCUT2D eigenvalue weighted by atomic mass is 16.5. The van der Waals surface area contributed by atoms with Crippen LogP contribution in [0.2, 0.25) is 0 Å². The highest BCUT2D eigenvalue weighted by molar-refractivity contribution is 5.15. The van der Waals surface area contributed by atoms with Gasteiger partial charge in [0.2, 0.25) is 0 Å². The molecule has 0 saturated heterocycles. The van der Waals surface area contributed by atoms with E-state index in [-0.39, 0.29) is 0 Å². The third kappa shape index (κ3) is 4.03. The number of hydrogen-bond donors (Lipinski definition) is 1. The van der Waals surface area contributed by atoms with Crippen molar-refractivity contribution in [2.24, 2.45) is 0 Å². The molecule has 0 aromatic heterocycles. The van der Waals surface area contributed by atoms with Gasteiger partial charge in [0.05, 0.1) is 14.2 Å². The van der Waals surface area contributed by atoms with Gasteiger partial charge in [0.15, 0.2) is 11.5 Å². The van der Waals surface area contributed by atoms with Gasteiger partial charge in [-0.2, -0.15) is 0 Å². The van der Waals surface area contributed by atoms with Crippen LogP contribution < -0.4 is 5.32 Å². The van der Waals surface area contributed by atoms with E-state index in [4.69, 9.17) is 9.47 Å². The van der Waals surface area contributed by atoms with Crippen molar-refractivity contribution in [3.8, 4) is 0 Å². The van der Waals surface area contributed by atoms with E-state index in [1.54, 1.807) is 7.11 Å². The van der Waals surface area contributed by atoms with Gasteiger partial charge in [-0.1, -0.05) is 6.58 Å². The number of methoxy groups -OCH3 is 1. The first kappa shape index (κ1) is 11.0. The Morgan fingerprint density at radius 3 is 2.67 bits per heavy atom. The number of ether oxygens (including phenoxy) is 2. The molecule has 0 aliphatic rings. The van der Waals surface area contributed by atoms with Crippen LogP contribution in [0.25, 0.3) is 0 Å². The lowest BCUT2D eigenvalue weighted by molar-refractivity contribution is -0.628. The number of likely N-dealkylation sites (N-methyl/N-ethyl adjacent to an activating group) is 1. The SMILES string of the molecule is C=C(OC)C(=CC)OCC[NH2+]C. The van der Waals surface area contributed by atoms with Gasteiger partial charge in [-0.3, -0.25) is 0 Å². The van der Waals surface area contributed by atoms with Gasteiger partial charge >= 0.3 is 0 Å². The first-order chi connectivity index (χ1) is 5.76. The second-order valence-electron chi connectivity index (χ2n) is 2.33. The van der Waals surface area contributed by atoms with Crippen molar-refractivity contribution < 1.29 is 14.8 Å². The van der Waals surface area contributed by atoms with Crippen molar-refractivity contribution in [3.05, 3.63) is 24.2 Å². The van der Waals surface area contributed by atoms with E-state index < -0.39 is 0 Å². The molecule has 0 atom stereocenters. The lowest BCUT2D eigenvalue weighted by Crippen LogP contribution is -2.80. The van der Waals surface area contributed by atoms with Crippen LogP contribution >= 0.6 is 0 Å². The summed E-state index contributed by atoms with van der Waals surface area (Å²) in [5, 5.41) is 2.06. The minimum atomic E-state index is 0.577. The molecule has 12 heavy (non-hydrogen) atoms. The Balaban J connectivity index is 3.77. The van der Waals surface area contributed by atoms with Crippen LogP contribution in [0.3, 0.4) is 0 Å². The number of rotatable bonds is 6. The Hall–Kier alpha value is -0.960. The summed E-state index contributed by atoms with van der Waals surface area (Å²) >= 11 is 0. The molecule has 0 amide bonds. The Morgan fingerprint density at radius 2 is 2.25 bits per heavy atom. The lowest BCUT2D eigenvalue weighted by Gasteiger charge is -2.09.